The molecule has 0 radical (unpaired) electrons. The van der Waals surface area contributed by atoms with Gasteiger partial charge in [0.2, 0.25) is 0 Å². The van der Waals surface area contributed by atoms with Crippen LogP contribution >= 0.6 is 0 Å². The predicted octanol–water partition coefficient (Wildman–Crippen LogP) is 0.651. The van der Waals surface area contributed by atoms with E-state index < -0.39 is 0 Å². The van der Waals surface area contributed by atoms with Crippen molar-refractivity contribution >= 4 is 0 Å². The summed E-state index contributed by atoms with van der Waals surface area (Å²) in [5, 5.41) is 3.06. The lowest BCUT2D eigenvalue weighted by molar-refractivity contribution is 0.0688. The Labute approximate surface area is 62.4 Å². The van der Waals surface area contributed by atoms with Crippen LogP contribution in [0.4, 0.5) is 0 Å². The summed E-state index contributed by atoms with van der Waals surface area (Å²) in [5.41, 5.74) is 2.57. The van der Waals surface area contributed by atoms with Crippen LogP contribution in [-0.2, 0) is 4.84 Å². The van der Waals surface area contributed by atoms with Gasteiger partial charge in [0, 0.05) is 6.20 Å². The molecule has 0 aliphatic carbocycles. The maximum atomic E-state index is 4.93. The molecule has 2 N–H and O–H groups in total. The zero-order chi connectivity index (χ0) is 7.66. The van der Waals surface area contributed by atoms with Gasteiger partial charge in [-0.2, -0.15) is 0 Å². The van der Waals surface area contributed by atoms with Gasteiger partial charge in [0.25, 0.3) is 0 Å². The van der Waals surface area contributed by atoms with E-state index in [4.69, 9.17) is 4.84 Å². The molecule has 0 aliphatic rings. The van der Waals surface area contributed by atoms with Crippen molar-refractivity contribution in [3.63, 3.8) is 0 Å². The smallest absolute Gasteiger partial charge is 0.0746 e. The Morgan fingerprint density at radius 3 is 2.90 bits per heavy atom. The van der Waals surface area contributed by atoms with Crippen molar-refractivity contribution in [2.45, 2.75) is 12.8 Å². The van der Waals surface area contributed by atoms with Crippen LogP contribution in [0.2, 0.25) is 0 Å². The molecular weight excluding hydrogens is 128 g/mol. The van der Waals surface area contributed by atoms with Gasteiger partial charge in [0.1, 0.15) is 0 Å². The van der Waals surface area contributed by atoms with E-state index in [1.807, 2.05) is 7.05 Å². The van der Waals surface area contributed by atoms with E-state index in [9.17, 15) is 0 Å². The quantitative estimate of drug-likeness (QED) is 0.406. The number of hydroxylamine groups is 1. The summed E-state index contributed by atoms with van der Waals surface area (Å²) in [6, 6.07) is 0. The topological polar surface area (TPSA) is 33.3 Å². The normalized spacial score (nSPS) is 9.30. The van der Waals surface area contributed by atoms with Crippen molar-refractivity contribution in [2.24, 2.45) is 0 Å². The van der Waals surface area contributed by atoms with Gasteiger partial charge in [-0.3, -0.25) is 10.3 Å². The molecule has 0 saturated carbocycles. The predicted molar refractivity (Wildman–Crippen MR) is 42.4 cm³/mol. The highest BCUT2D eigenvalue weighted by Gasteiger charge is 1.85. The van der Waals surface area contributed by atoms with Crippen molar-refractivity contribution in [3.8, 4) is 0 Å². The summed E-state index contributed by atoms with van der Waals surface area (Å²) >= 11 is 0. The summed E-state index contributed by atoms with van der Waals surface area (Å²) < 4.78 is 0. The summed E-state index contributed by atoms with van der Waals surface area (Å²) in [5.74, 6) is 0. The van der Waals surface area contributed by atoms with Crippen LogP contribution in [0.25, 0.3) is 0 Å². The van der Waals surface area contributed by atoms with Gasteiger partial charge in [0.05, 0.1) is 6.61 Å². The lowest BCUT2D eigenvalue weighted by atomic mass is 10.3. The highest BCUT2D eigenvalue weighted by Crippen LogP contribution is 1.85. The molecule has 0 amide bonds. The third kappa shape index (κ3) is 7.46. The number of rotatable bonds is 7. The highest BCUT2D eigenvalue weighted by atomic mass is 16.6. The number of hydrogen-bond acceptors (Lipinski definition) is 3. The zero-order valence-electron chi connectivity index (χ0n) is 6.52. The molecule has 0 aromatic heterocycles. The minimum atomic E-state index is 0.744. The fourth-order valence-corrected chi connectivity index (χ4v) is 0.594. The minimum Gasteiger partial charge on any atom is -0.320 e. The minimum absolute atomic E-state index is 0.744. The second-order valence-corrected chi connectivity index (χ2v) is 1.98. The molecule has 60 valence electrons. The van der Waals surface area contributed by atoms with Crippen molar-refractivity contribution in [2.75, 3.05) is 20.2 Å². The van der Waals surface area contributed by atoms with Gasteiger partial charge >= 0.3 is 0 Å². The van der Waals surface area contributed by atoms with Gasteiger partial charge in [-0.25, -0.2) is 0 Å². The molecule has 0 saturated heterocycles. The molecule has 0 aromatic rings. The summed E-state index contributed by atoms with van der Waals surface area (Å²) in [4.78, 5) is 4.93. The largest absolute Gasteiger partial charge is 0.320 e. The van der Waals surface area contributed by atoms with Crippen molar-refractivity contribution in [3.05, 3.63) is 12.8 Å². The molecule has 10 heavy (non-hydrogen) atoms. The molecule has 3 heteroatoms. The number of unbranched alkanes of at least 4 members (excludes halogenated alkanes) is 1. The molecule has 0 rings (SSSR count). The van der Waals surface area contributed by atoms with Crippen LogP contribution in [0.3, 0.4) is 0 Å². The van der Waals surface area contributed by atoms with E-state index in [0.29, 0.717) is 0 Å². The lowest BCUT2D eigenvalue weighted by Crippen LogP contribution is -2.11. The molecule has 0 bridgehead atoms. The molecule has 0 unspecified atom stereocenters. The average molecular weight is 144 g/mol. The molecule has 0 heterocycles. The first kappa shape index (κ1) is 9.46. The third-order valence-corrected chi connectivity index (χ3v) is 1.09. The van der Waals surface area contributed by atoms with E-state index in [0.717, 1.165) is 26.0 Å². The van der Waals surface area contributed by atoms with Crippen molar-refractivity contribution in [1.82, 2.24) is 10.8 Å². The molecule has 0 aliphatic heterocycles. The van der Waals surface area contributed by atoms with Crippen LogP contribution in [0, 0.1) is 0 Å². The first-order valence-corrected chi connectivity index (χ1v) is 3.54. The Balaban J connectivity index is 2.70. The number of hydrogen-bond donors (Lipinski definition) is 2. The standard InChI is InChI=1S/C7H16N2O/c1-3-9-10-7-5-4-6-8-2/h3,8-9H,1,4-7H2,2H3. The van der Waals surface area contributed by atoms with Gasteiger partial charge in [-0.15, -0.1) is 0 Å². The highest BCUT2D eigenvalue weighted by molar-refractivity contribution is 4.53. The summed E-state index contributed by atoms with van der Waals surface area (Å²) in [6.07, 6.45) is 3.75. The fourth-order valence-electron chi connectivity index (χ4n) is 0.594. The van der Waals surface area contributed by atoms with Gasteiger partial charge in [-0.1, -0.05) is 6.58 Å². The average Bonchev–Trinajstić information content (AvgIpc) is 1.97. The molecular formula is C7H16N2O. The van der Waals surface area contributed by atoms with E-state index in [-0.39, 0.29) is 0 Å². The van der Waals surface area contributed by atoms with Crippen LogP contribution in [-0.4, -0.2) is 20.2 Å². The Morgan fingerprint density at radius 2 is 2.30 bits per heavy atom. The summed E-state index contributed by atoms with van der Waals surface area (Å²) in [6.45, 7) is 5.24. The first-order chi connectivity index (χ1) is 4.91. The Kier molecular flexibility index (Phi) is 8.00. The van der Waals surface area contributed by atoms with E-state index in [1.165, 1.54) is 6.20 Å². The molecule has 0 aromatic carbocycles. The number of nitrogens with one attached hydrogen (secondary N) is 2. The van der Waals surface area contributed by atoms with Gasteiger partial charge in [-0.05, 0) is 26.4 Å². The maximum absolute atomic E-state index is 4.93. The molecule has 0 fully saturated rings. The maximum Gasteiger partial charge on any atom is 0.0746 e. The van der Waals surface area contributed by atoms with Crippen LogP contribution in [0.15, 0.2) is 12.8 Å². The van der Waals surface area contributed by atoms with Crippen molar-refractivity contribution in [1.29, 1.82) is 0 Å². The Bertz CT molecular complexity index is 76.0. The van der Waals surface area contributed by atoms with E-state index in [1.54, 1.807) is 0 Å². The van der Waals surface area contributed by atoms with Crippen LogP contribution in [0.1, 0.15) is 12.8 Å². The van der Waals surface area contributed by atoms with Gasteiger partial charge < -0.3 is 5.32 Å². The second kappa shape index (κ2) is 8.46. The van der Waals surface area contributed by atoms with Crippen LogP contribution in [0.5, 0.6) is 0 Å². The zero-order valence-corrected chi connectivity index (χ0v) is 6.52. The molecule has 0 atom stereocenters. The van der Waals surface area contributed by atoms with Crippen LogP contribution < -0.4 is 10.8 Å². The van der Waals surface area contributed by atoms with Crippen molar-refractivity contribution < 1.29 is 4.84 Å². The Hall–Kier alpha value is -0.540. The third-order valence-electron chi connectivity index (χ3n) is 1.09. The van der Waals surface area contributed by atoms with E-state index >= 15 is 0 Å². The Morgan fingerprint density at radius 1 is 1.50 bits per heavy atom. The van der Waals surface area contributed by atoms with E-state index in [2.05, 4.69) is 17.4 Å². The second-order valence-electron chi connectivity index (χ2n) is 1.98. The molecule has 0 spiro atoms. The fraction of sp³-hybridized carbons (Fsp3) is 0.714. The first-order valence-electron chi connectivity index (χ1n) is 3.54. The SMILES string of the molecule is C=CNOCCCCNC. The molecule has 3 nitrogen and oxygen atoms in total. The van der Waals surface area contributed by atoms with Gasteiger partial charge in [0.15, 0.2) is 0 Å². The lowest BCUT2D eigenvalue weighted by Gasteiger charge is -2.01. The summed E-state index contributed by atoms with van der Waals surface area (Å²) in [7, 11) is 1.95. The monoisotopic (exact) mass is 144 g/mol.